The highest BCUT2D eigenvalue weighted by atomic mass is 35.5. The molecule has 1 aliphatic heterocycles. The maximum Gasteiger partial charge on any atom is 0.350 e. The number of methoxy groups -OCH3 is 2. The highest BCUT2D eigenvalue weighted by molar-refractivity contribution is 5.85. The van der Waals surface area contributed by atoms with Gasteiger partial charge in [0.25, 0.3) is 0 Å². The number of anilines is 2. The number of hydrogen-bond acceptors (Lipinski definition) is 5. The lowest BCUT2D eigenvalue weighted by atomic mass is 9.93. The van der Waals surface area contributed by atoms with Crippen molar-refractivity contribution in [3.8, 4) is 22.8 Å². The Morgan fingerprint density at radius 2 is 1.61 bits per heavy atom. The summed E-state index contributed by atoms with van der Waals surface area (Å²) in [5.74, 6) is 1.87. The van der Waals surface area contributed by atoms with Crippen LogP contribution < -0.4 is 20.5 Å². The second kappa shape index (κ2) is 8.63. The zero-order chi connectivity index (χ0) is 21.6. The summed E-state index contributed by atoms with van der Waals surface area (Å²) in [6, 6.07) is 10.1. The number of hydrogen-bond donors (Lipinski definition) is 1. The van der Waals surface area contributed by atoms with Crippen LogP contribution in [0.4, 0.5) is 11.5 Å². The third-order valence-corrected chi connectivity index (χ3v) is 5.73. The van der Waals surface area contributed by atoms with Crippen LogP contribution in [0.15, 0.2) is 35.1 Å². The SMILES string of the molecule is COc1cc2c(cc1OC)-c1cc(Nc3c(C)cc(C)cc3C)nc(=O)n1C(C)C2.Cl. The van der Waals surface area contributed by atoms with Crippen molar-refractivity contribution in [2.24, 2.45) is 0 Å². The Labute approximate surface area is 188 Å². The van der Waals surface area contributed by atoms with Gasteiger partial charge in [0, 0.05) is 23.4 Å². The molecule has 4 rings (SSSR count). The first-order chi connectivity index (χ1) is 14.3. The van der Waals surface area contributed by atoms with Crippen molar-refractivity contribution in [2.45, 2.75) is 40.2 Å². The molecule has 2 heterocycles. The van der Waals surface area contributed by atoms with Gasteiger partial charge in [-0.05, 0) is 62.9 Å². The summed E-state index contributed by atoms with van der Waals surface area (Å²) in [6.07, 6.45) is 0.729. The van der Waals surface area contributed by atoms with Gasteiger partial charge in [0.1, 0.15) is 5.82 Å². The lowest BCUT2D eigenvalue weighted by Gasteiger charge is -2.28. The number of aromatic nitrogens is 2. The van der Waals surface area contributed by atoms with Crippen LogP contribution in [0.2, 0.25) is 0 Å². The highest BCUT2D eigenvalue weighted by Crippen LogP contribution is 2.41. The molecule has 6 nitrogen and oxygen atoms in total. The number of halogens is 1. The van der Waals surface area contributed by atoms with Crippen LogP contribution in [0.1, 0.15) is 35.2 Å². The molecule has 1 N–H and O–H groups in total. The lowest BCUT2D eigenvalue weighted by Crippen LogP contribution is -2.31. The van der Waals surface area contributed by atoms with E-state index >= 15 is 0 Å². The molecule has 1 aromatic heterocycles. The van der Waals surface area contributed by atoms with Gasteiger partial charge >= 0.3 is 5.69 Å². The number of ether oxygens (including phenoxy) is 2. The van der Waals surface area contributed by atoms with Crippen molar-refractivity contribution in [1.82, 2.24) is 9.55 Å². The van der Waals surface area contributed by atoms with E-state index < -0.39 is 0 Å². The smallest absolute Gasteiger partial charge is 0.350 e. The minimum atomic E-state index is -0.259. The average Bonchev–Trinajstić information content (AvgIpc) is 2.69. The molecule has 164 valence electrons. The molecular formula is C24H28ClN3O3. The Kier molecular flexibility index (Phi) is 6.32. The minimum Gasteiger partial charge on any atom is -0.493 e. The predicted molar refractivity (Wildman–Crippen MR) is 127 cm³/mol. The van der Waals surface area contributed by atoms with E-state index in [2.05, 4.69) is 43.2 Å². The summed E-state index contributed by atoms with van der Waals surface area (Å²) in [6.45, 7) is 8.23. The van der Waals surface area contributed by atoms with E-state index in [1.54, 1.807) is 18.8 Å². The predicted octanol–water partition coefficient (Wildman–Crippen LogP) is 5.14. The van der Waals surface area contributed by atoms with Crippen LogP contribution in [0.5, 0.6) is 11.5 Å². The normalized spacial score (nSPS) is 14.2. The number of benzene rings is 2. The summed E-state index contributed by atoms with van der Waals surface area (Å²) in [7, 11) is 3.25. The van der Waals surface area contributed by atoms with E-state index in [1.807, 2.05) is 25.1 Å². The summed E-state index contributed by atoms with van der Waals surface area (Å²) in [5, 5.41) is 3.38. The van der Waals surface area contributed by atoms with Gasteiger partial charge in [-0.2, -0.15) is 4.98 Å². The molecule has 1 aliphatic rings. The van der Waals surface area contributed by atoms with Crippen molar-refractivity contribution in [2.75, 3.05) is 19.5 Å². The number of nitrogens with zero attached hydrogens (tertiary/aromatic N) is 2. The topological polar surface area (TPSA) is 65.4 Å². The van der Waals surface area contributed by atoms with Crippen molar-refractivity contribution in [3.05, 3.63) is 63.1 Å². The molecule has 0 saturated carbocycles. The van der Waals surface area contributed by atoms with Crippen LogP contribution in [0.25, 0.3) is 11.3 Å². The maximum atomic E-state index is 13.0. The van der Waals surface area contributed by atoms with Crippen LogP contribution >= 0.6 is 12.4 Å². The molecule has 0 spiro atoms. The minimum absolute atomic E-state index is 0. The fourth-order valence-corrected chi connectivity index (χ4v) is 4.43. The van der Waals surface area contributed by atoms with Crippen molar-refractivity contribution >= 4 is 23.9 Å². The van der Waals surface area contributed by atoms with Gasteiger partial charge < -0.3 is 14.8 Å². The largest absolute Gasteiger partial charge is 0.493 e. The first-order valence-corrected chi connectivity index (χ1v) is 10.1. The van der Waals surface area contributed by atoms with Gasteiger partial charge in [0.2, 0.25) is 0 Å². The summed E-state index contributed by atoms with van der Waals surface area (Å²) >= 11 is 0. The lowest BCUT2D eigenvalue weighted by molar-refractivity contribution is 0.354. The molecule has 0 fully saturated rings. The molecule has 7 heteroatoms. The van der Waals surface area contributed by atoms with E-state index in [-0.39, 0.29) is 24.1 Å². The standard InChI is InChI=1S/C24H27N3O3.ClH/c1-13-7-14(2)23(15(3)8-13)25-22-12-19-18-11-21(30-6)20(29-5)10-17(18)9-16(4)27(19)24(28)26-22;/h7-8,10-12,16H,9H2,1-6H3,(H,25,26,28);1H. The van der Waals surface area contributed by atoms with Crippen LogP contribution in [0, 0.1) is 20.8 Å². The second-order valence-corrected chi connectivity index (χ2v) is 8.00. The molecule has 0 amide bonds. The van der Waals surface area contributed by atoms with Crippen molar-refractivity contribution < 1.29 is 9.47 Å². The van der Waals surface area contributed by atoms with Gasteiger partial charge in [-0.1, -0.05) is 17.7 Å². The number of rotatable bonds is 4. The Balaban J connectivity index is 0.00000272. The Morgan fingerprint density at radius 1 is 1.00 bits per heavy atom. The first-order valence-electron chi connectivity index (χ1n) is 10.1. The van der Waals surface area contributed by atoms with Crippen LogP contribution in [-0.4, -0.2) is 23.8 Å². The van der Waals surface area contributed by atoms with Gasteiger partial charge in [-0.15, -0.1) is 12.4 Å². The van der Waals surface area contributed by atoms with Gasteiger partial charge in [0.15, 0.2) is 11.5 Å². The fourth-order valence-electron chi connectivity index (χ4n) is 4.43. The number of fused-ring (bicyclic) bond motifs is 3. The maximum absolute atomic E-state index is 13.0. The summed E-state index contributed by atoms with van der Waals surface area (Å²) in [4.78, 5) is 17.3. The molecule has 3 aromatic rings. The van der Waals surface area contributed by atoms with Crippen LogP contribution in [0.3, 0.4) is 0 Å². The highest BCUT2D eigenvalue weighted by Gasteiger charge is 2.26. The van der Waals surface area contributed by atoms with E-state index in [9.17, 15) is 4.79 Å². The first kappa shape index (κ1) is 22.7. The van der Waals surface area contributed by atoms with Crippen LogP contribution in [-0.2, 0) is 6.42 Å². The quantitative estimate of drug-likeness (QED) is 0.607. The zero-order valence-electron chi connectivity index (χ0n) is 18.7. The number of nitrogens with one attached hydrogen (secondary N) is 1. The average molecular weight is 442 g/mol. The molecule has 0 aliphatic carbocycles. The molecule has 31 heavy (non-hydrogen) atoms. The van der Waals surface area contributed by atoms with Gasteiger partial charge in [-0.25, -0.2) is 4.79 Å². The van der Waals surface area contributed by atoms with Crippen molar-refractivity contribution in [1.29, 1.82) is 0 Å². The Morgan fingerprint density at radius 3 is 2.23 bits per heavy atom. The zero-order valence-corrected chi connectivity index (χ0v) is 19.5. The number of aryl methyl sites for hydroxylation is 3. The van der Waals surface area contributed by atoms with E-state index in [4.69, 9.17) is 9.47 Å². The monoisotopic (exact) mass is 441 g/mol. The van der Waals surface area contributed by atoms with E-state index in [0.29, 0.717) is 17.3 Å². The molecule has 1 atom stereocenters. The third kappa shape index (κ3) is 4.00. The Hall–Kier alpha value is -2.99. The third-order valence-electron chi connectivity index (χ3n) is 5.73. The second-order valence-electron chi connectivity index (χ2n) is 8.00. The van der Waals surface area contributed by atoms with Gasteiger partial charge in [0.05, 0.1) is 19.9 Å². The fraction of sp³-hybridized carbons (Fsp3) is 0.333. The van der Waals surface area contributed by atoms with Gasteiger partial charge in [-0.3, -0.25) is 4.57 Å². The molecule has 1 unspecified atom stereocenters. The van der Waals surface area contributed by atoms with Crippen molar-refractivity contribution in [3.63, 3.8) is 0 Å². The molecule has 2 aromatic carbocycles. The van der Waals surface area contributed by atoms with E-state index in [1.165, 1.54) is 5.56 Å². The molecule has 0 bridgehead atoms. The summed E-state index contributed by atoms with van der Waals surface area (Å²) in [5.41, 5.74) is 7.08. The van der Waals surface area contributed by atoms with E-state index in [0.717, 1.165) is 40.1 Å². The molecule has 0 radical (unpaired) electrons. The molecular weight excluding hydrogens is 414 g/mol. The summed E-state index contributed by atoms with van der Waals surface area (Å²) < 4.78 is 12.7. The molecule has 0 saturated heterocycles. The Bertz CT molecular complexity index is 1180.